The molecule has 162 valence electrons. The van der Waals surface area contributed by atoms with Gasteiger partial charge in [-0.3, -0.25) is 29.4 Å². The van der Waals surface area contributed by atoms with Gasteiger partial charge < -0.3 is 5.32 Å². The Morgan fingerprint density at radius 1 is 1.19 bits per heavy atom. The summed E-state index contributed by atoms with van der Waals surface area (Å²) in [6, 6.07) is 3.59. The van der Waals surface area contributed by atoms with E-state index in [4.69, 9.17) is 0 Å². The lowest BCUT2D eigenvalue weighted by Gasteiger charge is -2.21. The molecular weight excluding hydrogens is 402 g/mol. The normalized spacial score (nSPS) is 13.3. The molecule has 1 aromatic carbocycles. The van der Waals surface area contributed by atoms with Crippen LogP contribution in [0.5, 0.6) is 0 Å². The topological polar surface area (TPSA) is 135 Å². The summed E-state index contributed by atoms with van der Waals surface area (Å²) in [6.45, 7) is 6.41. The molecule has 1 aromatic heterocycles. The monoisotopic (exact) mass is 425 g/mol. The van der Waals surface area contributed by atoms with Crippen molar-refractivity contribution in [2.24, 2.45) is 0 Å². The summed E-state index contributed by atoms with van der Waals surface area (Å²) in [5, 5.41) is 13.7. The summed E-state index contributed by atoms with van der Waals surface area (Å²) in [4.78, 5) is 56.8. The van der Waals surface area contributed by atoms with E-state index < -0.39 is 16.7 Å². The number of carbonyl (C=O) groups is 3. The van der Waals surface area contributed by atoms with Gasteiger partial charge in [0.05, 0.1) is 21.7 Å². The third-order valence-corrected chi connectivity index (χ3v) is 4.93. The highest BCUT2D eigenvalue weighted by atomic mass is 16.6. The number of rotatable bonds is 7. The minimum atomic E-state index is -0.617. The SMILES string of the molecule is CC(C)(C)c1ncncc1CNC(=O)CCCN1C(=O)c2ccc([N+](=O)[O-])cc2C1=O. The van der Waals surface area contributed by atoms with Gasteiger partial charge in [0.25, 0.3) is 17.5 Å². The number of aromatic nitrogens is 2. The number of non-ortho nitro benzene ring substituents is 1. The van der Waals surface area contributed by atoms with Gasteiger partial charge in [0.1, 0.15) is 6.33 Å². The first-order valence-corrected chi connectivity index (χ1v) is 9.80. The molecule has 0 atom stereocenters. The number of imide groups is 1. The smallest absolute Gasteiger partial charge is 0.270 e. The molecule has 31 heavy (non-hydrogen) atoms. The van der Waals surface area contributed by atoms with Crippen LogP contribution in [0.15, 0.2) is 30.7 Å². The van der Waals surface area contributed by atoms with E-state index in [1.165, 1.54) is 18.5 Å². The summed E-state index contributed by atoms with van der Waals surface area (Å²) in [6.07, 6.45) is 3.54. The van der Waals surface area contributed by atoms with E-state index >= 15 is 0 Å². The van der Waals surface area contributed by atoms with E-state index in [1.54, 1.807) is 6.20 Å². The second kappa shape index (κ2) is 8.58. The van der Waals surface area contributed by atoms with Crippen LogP contribution in [0, 0.1) is 10.1 Å². The van der Waals surface area contributed by atoms with Crippen molar-refractivity contribution < 1.29 is 19.3 Å². The molecule has 0 saturated heterocycles. The van der Waals surface area contributed by atoms with Crippen molar-refractivity contribution in [3.8, 4) is 0 Å². The van der Waals surface area contributed by atoms with Crippen LogP contribution in [0.3, 0.4) is 0 Å². The van der Waals surface area contributed by atoms with Crippen LogP contribution in [0.25, 0.3) is 0 Å². The van der Waals surface area contributed by atoms with E-state index in [9.17, 15) is 24.5 Å². The lowest BCUT2D eigenvalue weighted by molar-refractivity contribution is -0.384. The molecular formula is C21H23N5O5. The summed E-state index contributed by atoms with van der Waals surface area (Å²) in [5.41, 5.74) is 1.39. The first-order valence-electron chi connectivity index (χ1n) is 9.80. The molecule has 0 radical (unpaired) electrons. The van der Waals surface area contributed by atoms with Crippen LogP contribution < -0.4 is 5.32 Å². The number of amides is 3. The van der Waals surface area contributed by atoms with Gasteiger partial charge in [0, 0.05) is 48.8 Å². The van der Waals surface area contributed by atoms with Crippen LogP contribution in [-0.4, -0.2) is 44.1 Å². The lowest BCUT2D eigenvalue weighted by Crippen LogP contribution is -2.32. The van der Waals surface area contributed by atoms with Crippen molar-refractivity contribution in [1.29, 1.82) is 0 Å². The van der Waals surface area contributed by atoms with Crippen LogP contribution in [0.4, 0.5) is 5.69 Å². The summed E-state index contributed by atoms with van der Waals surface area (Å²) >= 11 is 0. The summed E-state index contributed by atoms with van der Waals surface area (Å²) in [7, 11) is 0. The molecule has 10 nitrogen and oxygen atoms in total. The van der Waals surface area contributed by atoms with Gasteiger partial charge in [-0.25, -0.2) is 9.97 Å². The van der Waals surface area contributed by atoms with E-state index in [0.29, 0.717) is 0 Å². The van der Waals surface area contributed by atoms with E-state index in [0.717, 1.165) is 22.2 Å². The van der Waals surface area contributed by atoms with Gasteiger partial charge in [0.15, 0.2) is 0 Å². The molecule has 0 fully saturated rings. The zero-order chi connectivity index (χ0) is 22.8. The van der Waals surface area contributed by atoms with Crippen molar-refractivity contribution in [1.82, 2.24) is 20.2 Å². The minimum absolute atomic E-state index is 0.0161. The van der Waals surface area contributed by atoms with Crippen molar-refractivity contribution in [2.75, 3.05) is 6.54 Å². The number of nitro benzene ring substituents is 1. The maximum atomic E-state index is 12.5. The highest BCUT2D eigenvalue weighted by molar-refractivity contribution is 6.21. The first-order chi connectivity index (χ1) is 14.6. The second-order valence-electron chi connectivity index (χ2n) is 8.28. The minimum Gasteiger partial charge on any atom is -0.352 e. The fourth-order valence-corrected chi connectivity index (χ4v) is 3.44. The molecule has 2 aromatic rings. The highest BCUT2D eigenvalue weighted by Crippen LogP contribution is 2.27. The Balaban J connectivity index is 1.54. The predicted molar refractivity (Wildman–Crippen MR) is 110 cm³/mol. The van der Waals surface area contributed by atoms with Crippen LogP contribution in [0.1, 0.15) is 65.6 Å². The van der Waals surface area contributed by atoms with Gasteiger partial charge in [-0.05, 0) is 12.5 Å². The predicted octanol–water partition coefficient (Wildman–Crippen LogP) is 2.37. The molecule has 10 heteroatoms. The van der Waals surface area contributed by atoms with Crippen molar-refractivity contribution in [2.45, 2.75) is 45.6 Å². The largest absolute Gasteiger partial charge is 0.352 e. The third kappa shape index (κ3) is 4.73. The average molecular weight is 425 g/mol. The van der Waals surface area contributed by atoms with Crippen LogP contribution >= 0.6 is 0 Å². The van der Waals surface area contributed by atoms with E-state index in [1.807, 2.05) is 20.8 Å². The van der Waals surface area contributed by atoms with E-state index in [2.05, 4.69) is 15.3 Å². The molecule has 0 saturated carbocycles. The number of nitro groups is 1. The zero-order valence-corrected chi connectivity index (χ0v) is 17.5. The Hall–Kier alpha value is -3.69. The third-order valence-electron chi connectivity index (χ3n) is 4.93. The Labute approximate surface area is 178 Å². The van der Waals surface area contributed by atoms with Crippen molar-refractivity contribution in [3.63, 3.8) is 0 Å². The number of hydrogen-bond acceptors (Lipinski definition) is 7. The first kappa shape index (κ1) is 22.0. The average Bonchev–Trinajstić information content (AvgIpc) is 2.96. The highest BCUT2D eigenvalue weighted by Gasteiger charge is 2.36. The van der Waals surface area contributed by atoms with Crippen molar-refractivity contribution >= 4 is 23.4 Å². The molecule has 1 N–H and O–H groups in total. The van der Waals surface area contributed by atoms with Crippen LogP contribution in [0.2, 0.25) is 0 Å². The molecule has 1 aliphatic heterocycles. The van der Waals surface area contributed by atoms with Gasteiger partial charge in [0.2, 0.25) is 5.91 Å². The molecule has 2 heterocycles. The zero-order valence-electron chi connectivity index (χ0n) is 17.5. The summed E-state index contributed by atoms with van der Waals surface area (Å²) in [5.74, 6) is -1.32. The van der Waals surface area contributed by atoms with Crippen molar-refractivity contribution in [3.05, 3.63) is 63.2 Å². The molecule has 3 amide bonds. The van der Waals surface area contributed by atoms with E-state index in [-0.39, 0.29) is 54.1 Å². The van der Waals surface area contributed by atoms with Gasteiger partial charge in [-0.2, -0.15) is 0 Å². The standard InChI is InChI=1S/C21H23N5O5/c1-21(2,3)18-13(10-22-12-24-18)11-23-17(27)5-4-8-25-19(28)15-7-6-14(26(30)31)9-16(15)20(25)29/h6-7,9-10,12H,4-5,8,11H2,1-3H3,(H,23,27). The number of carbonyl (C=O) groups excluding carboxylic acids is 3. The summed E-state index contributed by atoms with van der Waals surface area (Å²) < 4.78 is 0. The molecule has 0 bridgehead atoms. The number of benzene rings is 1. The van der Waals surface area contributed by atoms with Gasteiger partial charge in [-0.15, -0.1) is 0 Å². The lowest BCUT2D eigenvalue weighted by atomic mass is 9.89. The van der Waals surface area contributed by atoms with Gasteiger partial charge in [-0.1, -0.05) is 20.8 Å². The number of hydrogen-bond donors (Lipinski definition) is 1. The molecule has 1 aliphatic rings. The maximum absolute atomic E-state index is 12.5. The quantitative estimate of drug-likeness (QED) is 0.409. The molecule has 0 spiro atoms. The molecule has 3 rings (SSSR count). The second-order valence-corrected chi connectivity index (χ2v) is 8.28. The number of nitrogens with one attached hydrogen (secondary N) is 1. The Bertz CT molecular complexity index is 1060. The number of nitrogens with zero attached hydrogens (tertiary/aromatic N) is 4. The maximum Gasteiger partial charge on any atom is 0.270 e. The Morgan fingerprint density at radius 3 is 2.58 bits per heavy atom. The number of fused-ring (bicyclic) bond motifs is 1. The van der Waals surface area contributed by atoms with Crippen LogP contribution in [-0.2, 0) is 16.8 Å². The molecule has 0 aliphatic carbocycles. The molecule has 0 unspecified atom stereocenters. The Kier molecular flexibility index (Phi) is 6.09. The van der Waals surface area contributed by atoms with Gasteiger partial charge >= 0.3 is 0 Å². The Morgan fingerprint density at radius 2 is 1.90 bits per heavy atom. The fourth-order valence-electron chi connectivity index (χ4n) is 3.44. The fraction of sp³-hybridized carbons (Fsp3) is 0.381.